The van der Waals surface area contributed by atoms with E-state index in [1.165, 1.54) is 6.42 Å². The van der Waals surface area contributed by atoms with Crippen LogP contribution in [0.15, 0.2) is 18.2 Å². The van der Waals surface area contributed by atoms with E-state index in [-0.39, 0.29) is 12.4 Å². The number of benzene rings is 1. The van der Waals surface area contributed by atoms with E-state index in [1.54, 1.807) is 6.07 Å². The van der Waals surface area contributed by atoms with E-state index in [0.29, 0.717) is 24.3 Å². The number of nitrogens with one attached hydrogen (secondary N) is 1. The molecule has 2 atom stereocenters. The first-order chi connectivity index (χ1) is 9.24. The van der Waals surface area contributed by atoms with Gasteiger partial charge in [-0.25, -0.2) is 0 Å². The molecule has 1 aliphatic rings. The lowest BCUT2D eigenvalue weighted by molar-refractivity contribution is 0.205. The number of aromatic hydroxyl groups is 1. The summed E-state index contributed by atoms with van der Waals surface area (Å²) in [7, 11) is 0. The Bertz CT molecular complexity index is 408. The Morgan fingerprint density at radius 2 is 2.21 bits per heavy atom. The van der Waals surface area contributed by atoms with E-state index >= 15 is 0 Å². The van der Waals surface area contributed by atoms with Gasteiger partial charge in [-0.2, -0.15) is 0 Å². The quantitative estimate of drug-likeness (QED) is 0.736. The van der Waals surface area contributed by atoms with Crippen molar-refractivity contribution in [2.75, 3.05) is 13.2 Å². The molecular formula is C15H23NO3. The molecule has 0 amide bonds. The molecule has 0 bridgehead atoms. The van der Waals surface area contributed by atoms with Gasteiger partial charge in [0.1, 0.15) is 0 Å². The van der Waals surface area contributed by atoms with Crippen molar-refractivity contribution in [3.05, 3.63) is 23.8 Å². The molecule has 1 aromatic rings. The van der Waals surface area contributed by atoms with Crippen LogP contribution in [0, 0.1) is 5.92 Å². The van der Waals surface area contributed by atoms with Crippen LogP contribution >= 0.6 is 0 Å². The highest BCUT2D eigenvalue weighted by Gasteiger charge is 2.25. The standard InChI is InChI=1S/C15H23NO3/c1-2-19-15-8-11(6-7-14(15)18)9-16-13-5-3-4-12(13)10-17/h6-8,12-13,16-18H,2-5,9-10H2,1H3. The molecule has 4 nitrogen and oxygen atoms in total. The largest absolute Gasteiger partial charge is 0.504 e. The zero-order valence-electron chi connectivity index (χ0n) is 11.4. The lowest BCUT2D eigenvalue weighted by Crippen LogP contribution is -2.33. The highest BCUT2D eigenvalue weighted by atomic mass is 16.5. The molecule has 0 saturated heterocycles. The van der Waals surface area contributed by atoms with Crippen LogP contribution in [-0.2, 0) is 6.54 Å². The fourth-order valence-corrected chi connectivity index (χ4v) is 2.71. The van der Waals surface area contributed by atoms with E-state index in [2.05, 4.69) is 5.32 Å². The molecule has 4 heteroatoms. The minimum Gasteiger partial charge on any atom is -0.504 e. The minimum absolute atomic E-state index is 0.180. The molecule has 1 aromatic carbocycles. The predicted octanol–water partition coefficient (Wildman–Crippen LogP) is 2.04. The van der Waals surface area contributed by atoms with E-state index < -0.39 is 0 Å². The smallest absolute Gasteiger partial charge is 0.161 e. The Kier molecular flexibility index (Phi) is 5.05. The summed E-state index contributed by atoms with van der Waals surface area (Å²) in [5.41, 5.74) is 1.09. The van der Waals surface area contributed by atoms with Crippen LogP contribution < -0.4 is 10.1 Å². The van der Waals surface area contributed by atoms with Crippen LogP contribution in [-0.4, -0.2) is 29.5 Å². The first kappa shape index (κ1) is 14.2. The van der Waals surface area contributed by atoms with Crippen molar-refractivity contribution in [1.29, 1.82) is 0 Å². The van der Waals surface area contributed by atoms with Crippen molar-refractivity contribution in [2.24, 2.45) is 5.92 Å². The van der Waals surface area contributed by atoms with Gasteiger partial charge in [-0.15, -0.1) is 0 Å². The summed E-state index contributed by atoms with van der Waals surface area (Å²) in [5, 5.41) is 22.4. The van der Waals surface area contributed by atoms with Gasteiger partial charge in [0.15, 0.2) is 11.5 Å². The molecule has 3 N–H and O–H groups in total. The zero-order chi connectivity index (χ0) is 13.7. The molecule has 106 valence electrons. The van der Waals surface area contributed by atoms with Crippen LogP contribution in [0.2, 0.25) is 0 Å². The molecule has 0 spiro atoms. The van der Waals surface area contributed by atoms with Crippen LogP contribution in [0.5, 0.6) is 11.5 Å². The maximum atomic E-state index is 9.65. The van der Waals surface area contributed by atoms with Gasteiger partial charge in [-0.1, -0.05) is 12.5 Å². The molecule has 0 radical (unpaired) electrons. The topological polar surface area (TPSA) is 61.7 Å². The summed E-state index contributed by atoms with van der Waals surface area (Å²) < 4.78 is 5.37. The second kappa shape index (κ2) is 6.78. The van der Waals surface area contributed by atoms with Gasteiger partial charge in [0.05, 0.1) is 6.61 Å². The summed E-state index contributed by atoms with van der Waals surface area (Å²) in [6.45, 7) is 3.44. The minimum atomic E-state index is 0.180. The Morgan fingerprint density at radius 1 is 1.37 bits per heavy atom. The number of aliphatic hydroxyl groups excluding tert-OH is 1. The SMILES string of the molecule is CCOc1cc(CNC2CCCC2CO)ccc1O. The summed E-state index contributed by atoms with van der Waals surface area (Å²) in [5.74, 6) is 1.09. The molecule has 0 aromatic heterocycles. The van der Waals surface area contributed by atoms with Crippen LogP contribution in [0.4, 0.5) is 0 Å². The van der Waals surface area contributed by atoms with Gasteiger partial charge in [-0.3, -0.25) is 0 Å². The average molecular weight is 265 g/mol. The summed E-state index contributed by atoms with van der Waals surface area (Å²) >= 11 is 0. The highest BCUT2D eigenvalue weighted by Crippen LogP contribution is 2.28. The third kappa shape index (κ3) is 3.61. The Morgan fingerprint density at radius 3 is 2.95 bits per heavy atom. The van der Waals surface area contributed by atoms with Crippen molar-refractivity contribution in [2.45, 2.75) is 38.8 Å². The fraction of sp³-hybridized carbons (Fsp3) is 0.600. The van der Waals surface area contributed by atoms with E-state index in [1.807, 2.05) is 19.1 Å². The van der Waals surface area contributed by atoms with E-state index in [9.17, 15) is 10.2 Å². The second-order valence-electron chi connectivity index (χ2n) is 5.10. The fourth-order valence-electron chi connectivity index (χ4n) is 2.71. The molecule has 1 saturated carbocycles. The van der Waals surface area contributed by atoms with Gasteiger partial charge >= 0.3 is 0 Å². The van der Waals surface area contributed by atoms with Crippen LogP contribution in [0.25, 0.3) is 0 Å². The normalized spacial score (nSPS) is 22.6. The third-order valence-electron chi connectivity index (χ3n) is 3.79. The molecule has 1 aliphatic carbocycles. The lowest BCUT2D eigenvalue weighted by Gasteiger charge is -2.19. The van der Waals surface area contributed by atoms with Crippen molar-refractivity contribution in [3.63, 3.8) is 0 Å². The molecule has 19 heavy (non-hydrogen) atoms. The summed E-state index contributed by atoms with van der Waals surface area (Å²) in [6, 6.07) is 5.83. The van der Waals surface area contributed by atoms with Crippen molar-refractivity contribution < 1.29 is 14.9 Å². The van der Waals surface area contributed by atoms with Crippen molar-refractivity contribution >= 4 is 0 Å². The Labute approximate surface area is 114 Å². The molecular weight excluding hydrogens is 242 g/mol. The number of phenolic OH excluding ortho intramolecular Hbond substituents is 1. The van der Waals surface area contributed by atoms with Crippen LogP contribution in [0.1, 0.15) is 31.7 Å². The monoisotopic (exact) mass is 265 g/mol. The number of hydrogen-bond acceptors (Lipinski definition) is 4. The Balaban J connectivity index is 1.93. The highest BCUT2D eigenvalue weighted by molar-refractivity contribution is 5.41. The molecule has 1 fully saturated rings. The summed E-state index contributed by atoms with van der Waals surface area (Å²) in [6.07, 6.45) is 3.41. The maximum absolute atomic E-state index is 9.65. The molecule has 2 rings (SSSR count). The summed E-state index contributed by atoms with van der Waals surface area (Å²) in [4.78, 5) is 0. The van der Waals surface area contributed by atoms with Gasteiger partial charge in [-0.05, 0) is 43.4 Å². The number of phenols is 1. The molecule has 2 unspecified atom stereocenters. The number of hydrogen-bond donors (Lipinski definition) is 3. The molecule has 0 aliphatic heterocycles. The second-order valence-corrected chi connectivity index (χ2v) is 5.10. The molecule has 0 heterocycles. The van der Waals surface area contributed by atoms with E-state index in [0.717, 1.165) is 24.9 Å². The van der Waals surface area contributed by atoms with E-state index in [4.69, 9.17) is 4.74 Å². The van der Waals surface area contributed by atoms with Gasteiger partial charge in [0, 0.05) is 19.2 Å². The van der Waals surface area contributed by atoms with Gasteiger partial charge in [0.25, 0.3) is 0 Å². The zero-order valence-corrected chi connectivity index (χ0v) is 11.4. The number of aliphatic hydroxyl groups is 1. The first-order valence-electron chi connectivity index (χ1n) is 7.03. The predicted molar refractivity (Wildman–Crippen MR) is 74.3 cm³/mol. The average Bonchev–Trinajstić information content (AvgIpc) is 2.87. The van der Waals surface area contributed by atoms with Crippen molar-refractivity contribution in [3.8, 4) is 11.5 Å². The first-order valence-corrected chi connectivity index (χ1v) is 7.03. The lowest BCUT2D eigenvalue weighted by atomic mass is 10.0. The maximum Gasteiger partial charge on any atom is 0.161 e. The van der Waals surface area contributed by atoms with Crippen LogP contribution in [0.3, 0.4) is 0 Å². The van der Waals surface area contributed by atoms with Crippen molar-refractivity contribution in [1.82, 2.24) is 5.32 Å². The Hall–Kier alpha value is -1.26. The van der Waals surface area contributed by atoms with Gasteiger partial charge in [0.2, 0.25) is 0 Å². The number of rotatable bonds is 6. The number of ether oxygens (including phenoxy) is 1. The van der Waals surface area contributed by atoms with Gasteiger partial charge < -0.3 is 20.3 Å². The third-order valence-corrected chi connectivity index (χ3v) is 3.79.